The molecule has 1 N–H and O–H groups in total. The minimum atomic E-state index is -0.518. The van der Waals surface area contributed by atoms with E-state index in [2.05, 4.69) is 19.2 Å². The van der Waals surface area contributed by atoms with E-state index in [1.54, 1.807) is 0 Å². The van der Waals surface area contributed by atoms with Gasteiger partial charge in [-0.1, -0.05) is 56.7 Å². The third-order valence-corrected chi connectivity index (χ3v) is 5.76. The summed E-state index contributed by atoms with van der Waals surface area (Å²) in [6, 6.07) is 15.7. The molecule has 0 radical (unpaired) electrons. The summed E-state index contributed by atoms with van der Waals surface area (Å²) in [6.45, 7) is 8.29. The van der Waals surface area contributed by atoms with Crippen LogP contribution >= 0.6 is 0 Å². The van der Waals surface area contributed by atoms with Gasteiger partial charge in [0.2, 0.25) is 0 Å². The summed E-state index contributed by atoms with van der Waals surface area (Å²) in [7, 11) is 0. The van der Waals surface area contributed by atoms with Gasteiger partial charge in [-0.2, -0.15) is 0 Å². The van der Waals surface area contributed by atoms with Crippen molar-refractivity contribution in [2.75, 3.05) is 0 Å². The molecule has 2 aromatic rings. The Bertz CT molecular complexity index is 796. The Morgan fingerprint density at radius 3 is 2.46 bits per heavy atom. The van der Waals surface area contributed by atoms with Crippen LogP contribution in [0.4, 0.5) is 0 Å². The van der Waals surface area contributed by atoms with Gasteiger partial charge in [-0.25, -0.2) is 0 Å². The van der Waals surface area contributed by atoms with Crippen molar-refractivity contribution in [2.45, 2.75) is 71.1 Å². The first-order valence-electron chi connectivity index (χ1n) is 10.3. The highest BCUT2D eigenvalue weighted by molar-refractivity contribution is 5.81. The Hall–Kier alpha value is -2.49. The minimum absolute atomic E-state index is 0.0759. The molecule has 0 bridgehead atoms. The number of rotatable bonds is 7. The fraction of sp³-hybridized carbons (Fsp3) is 0.458. The van der Waals surface area contributed by atoms with Crippen molar-refractivity contribution in [3.8, 4) is 11.5 Å². The zero-order valence-electron chi connectivity index (χ0n) is 17.3. The molecular formula is C24H31NO3. The third-order valence-electron chi connectivity index (χ3n) is 5.76. The van der Waals surface area contributed by atoms with Crippen molar-refractivity contribution < 1.29 is 14.3 Å². The molecule has 0 saturated heterocycles. The first-order chi connectivity index (χ1) is 13.5. The summed E-state index contributed by atoms with van der Waals surface area (Å²) in [4.78, 5) is 13.0. The van der Waals surface area contributed by atoms with E-state index in [1.807, 2.05) is 62.4 Å². The molecule has 2 atom stereocenters. The van der Waals surface area contributed by atoms with E-state index in [4.69, 9.17) is 9.47 Å². The highest BCUT2D eigenvalue weighted by atomic mass is 16.5. The molecule has 1 amide bonds. The molecule has 3 rings (SSSR count). The molecule has 0 fully saturated rings. The van der Waals surface area contributed by atoms with Crippen LogP contribution in [0.3, 0.4) is 0 Å². The number of para-hydroxylation sites is 1. The fourth-order valence-corrected chi connectivity index (χ4v) is 3.80. The molecule has 2 aromatic carbocycles. The van der Waals surface area contributed by atoms with Gasteiger partial charge >= 0.3 is 0 Å². The maximum atomic E-state index is 13.0. The predicted octanol–water partition coefficient (Wildman–Crippen LogP) is 5.35. The predicted molar refractivity (Wildman–Crippen MR) is 112 cm³/mol. The number of carbonyl (C=O) groups excluding carboxylic acids is 1. The van der Waals surface area contributed by atoms with Crippen LogP contribution in [0, 0.1) is 6.92 Å². The second-order valence-corrected chi connectivity index (χ2v) is 7.62. The summed E-state index contributed by atoms with van der Waals surface area (Å²) in [6.07, 6.45) is 2.67. The van der Waals surface area contributed by atoms with Gasteiger partial charge in [0.15, 0.2) is 6.10 Å². The molecule has 0 saturated carbocycles. The summed E-state index contributed by atoms with van der Waals surface area (Å²) in [5, 5.41) is 3.24. The van der Waals surface area contributed by atoms with Crippen LogP contribution in [-0.2, 0) is 4.79 Å². The van der Waals surface area contributed by atoms with Crippen LogP contribution in [0.2, 0.25) is 0 Å². The maximum absolute atomic E-state index is 13.0. The van der Waals surface area contributed by atoms with Gasteiger partial charge in [0.1, 0.15) is 17.1 Å². The molecule has 1 aliphatic heterocycles. The molecule has 1 heterocycles. The zero-order valence-corrected chi connectivity index (χ0v) is 17.3. The van der Waals surface area contributed by atoms with Crippen LogP contribution in [0.1, 0.15) is 63.6 Å². The van der Waals surface area contributed by atoms with Crippen LogP contribution < -0.4 is 14.8 Å². The Morgan fingerprint density at radius 2 is 1.82 bits per heavy atom. The lowest BCUT2D eigenvalue weighted by Gasteiger charge is -2.42. The van der Waals surface area contributed by atoms with Crippen molar-refractivity contribution in [2.24, 2.45) is 0 Å². The van der Waals surface area contributed by atoms with Gasteiger partial charge < -0.3 is 14.8 Å². The number of carbonyl (C=O) groups is 1. The third kappa shape index (κ3) is 4.32. The van der Waals surface area contributed by atoms with Gasteiger partial charge in [-0.05, 0) is 44.4 Å². The molecule has 0 unspecified atom stereocenters. The quantitative estimate of drug-likeness (QED) is 0.703. The van der Waals surface area contributed by atoms with Gasteiger partial charge in [0.05, 0.1) is 6.04 Å². The Labute approximate surface area is 168 Å². The number of amides is 1. The van der Waals surface area contributed by atoms with E-state index in [0.29, 0.717) is 6.42 Å². The van der Waals surface area contributed by atoms with Crippen LogP contribution in [-0.4, -0.2) is 17.6 Å². The summed E-state index contributed by atoms with van der Waals surface area (Å²) < 4.78 is 12.3. The average molecular weight is 382 g/mol. The largest absolute Gasteiger partial charge is 0.487 e. The van der Waals surface area contributed by atoms with E-state index in [-0.39, 0.29) is 17.6 Å². The monoisotopic (exact) mass is 381 g/mol. The lowest BCUT2D eigenvalue weighted by atomic mass is 9.83. The Morgan fingerprint density at radius 1 is 1.14 bits per heavy atom. The number of aryl methyl sites for hydroxylation is 1. The molecule has 1 aliphatic rings. The molecule has 4 nitrogen and oxygen atoms in total. The average Bonchev–Trinajstić information content (AvgIpc) is 2.73. The molecule has 4 heteroatoms. The fourth-order valence-electron chi connectivity index (χ4n) is 3.80. The highest BCUT2D eigenvalue weighted by Crippen LogP contribution is 2.42. The topological polar surface area (TPSA) is 47.6 Å². The normalized spacial score (nSPS) is 18.5. The lowest BCUT2D eigenvalue weighted by molar-refractivity contribution is -0.129. The first kappa shape index (κ1) is 20.2. The van der Waals surface area contributed by atoms with Gasteiger partial charge in [-0.15, -0.1) is 0 Å². The molecular weight excluding hydrogens is 350 g/mol. The molecule has 0 aromatic heterocycles. The minimum Gasteiger partial charge on any atom is -0.487 e. The van der Waals surface area contributed by atoms with Crippen molar-refractivity contribution in [3.05, 3.63) is 59.7 Å². The number of nitrogens with one attached hydrogen (secondary N) is 1. The van der Waals surface area contributed by atoms with Crippen LogP contribution in [0.25, 0.3) is 0 Å². The van der Waals surface area contributed by atoms with Crippen molar-refractivity contribution in [3.63, 3.8) is 0 Å². The van der Waals surface area contributed by atoms with Gasteiger partial charge in [-0.3, -0.25) is 4.79 Å². The number of benzene rings is 2. The van der Waals surface area contributed by atoms with E-state index in [9.17, 15) is 4.79 Å². The Kier molecular flexibility index (Phi) is 6.28. The van der Waals surface area contributed by atoms with Crippen molar-refractivity contribution in [1.29, 1.82) is 0 Å². The number of ether oxygens (including phenoxy) is 2. The standard InChI is InChI=1S/C24H31NO3/c1-5-21(27-18-14-12-17(4)13-15-18)23(26)25-20-16-24(6-2,7-3)28-22-11-9-8-10-19(20)22/h8-15,20-21H,5-7,16H2,1-4H3,(H,25,26)/t20-,21+/m1/s1. The summed E-state index contributed by atoms with van der Waals surface area (Å²) in [5.41, 5.74) is 1.96. The first-order valence-corrected chi connectivity index (χ1v) is 10.3. The SMILES string of the molecule is CC[C@H](Oc1ccc(C)cc1)C(=O)N[C@@H]1CC(CC)(CC)Oc2ccccc21. The zero-order chi connectivity index (χ0) is 20.1. The molecule has 150 valence electrons. The molecule has 0 aliphatic carbocycles. The second-order valence-electron chi connectivity index (χ2n) is 7.62. The molecule has 0 spiro atoms. The van der Waals surface area contributed by atoms with Gasteiger partial charge in [0.25, 0.3) is 5.91 Å². The van der Waals surface area contributed by atoms with Gasteiger partial charge in [0, 0.05) is 12.0 Å². The second kappa shape index (κ2) is 8.68. The number of hydrogen-bond acceptors (Lipinski definition) is 3. The van der Waals surface area contributed by atoms with E-state index in [0.717, 1.165) is 36.3 Å². The van der Waals surface area contributed by atoms with E-state index < -0.39 is 6.10 Å². The number of hydrogen-bond donors (Lipinski definition) is 1. The van der Waals surface area contributed by atoms with Crippen LogP contribution in [0.15, 0.2) is 48.5 Å². The van der Waals surface area contributed by atoms with Crippen molar-refractivity contribution >= 4 is 5.91 Å². The highest BCUT2D eigenvalue weighted by Gasteiger charge is 2.39. The van der Waals surface area contributed by atoms with Crippen LogP contribution in [0.5, 0.6) is 11.5 Å². The number of fused-ring (bicyclic) bond motifs is 1. The smallest absolute Gasteiger partial charge is 0.261 e. The van der Waals surface area contributed by atoms with E-state index in [1.165, 1.54) is 5.56 Å². The van der Waals surface area contributed by atoms with Crippen molar-refractivity contribution in [1.82, 2.24) is 5.32 Å². The summed E-state index contributed by atoms with van der Waals surface area (Å²) >= 11 is 0. The Balaban J connectivity index is 1.78. The lowest BCUT2D eigenvalue weighted by Crippen LogP contribution is -2.47. The van der Waals surface area contributed by atoms with E-state index >= 15 is 0 Å². The summed E-state index contributed by atoms with van der Waals surface area (Å²) in [5.74, 6) is 1.51. The maximum Gasteiger partial charge on any atom is 0.261 e. The molecule has 28 heavy (non-hydrogen) atoms.